The topological polar surface area (TPSA) is 113 Å². The molecule has 0 unspecified atom stereocenters. The van der Waals surface area contributed by atoms with Gasteiger partial charge in [-0.05, 0) is 62.6 Å². The van der Waals surface area contributed by atoms with Gasteiger partial charge in [-0.2, -0.15) is 4.37 Å². The number of hydrogen-bond acceptors (Lipinski definition) is 7. The van der Waals surface area contributed by atoms with Crippen LogP contribution in [0.5, 0.6) is 5.88 Å². The van der Waals surface area contributed by atoms with Gasteiger partial charge in [-0.25, -0.2) is 13.6 Å². The lowest BCUT2D eigenvalue weighted by Crippen LogP contribution is -2.44. The molecule has 12 heteroatoms. The summed E-state index contributed by atoms with van der Waals surface area (Å²) in [6.07, 6.45) is 2.90. The van der Waals surface area contributed by atoms with E-state index in [1.807, 2.05) is 0 Å². The largest absolute Gasteiger partial charge is 0.471 e. The van der Waals surface area contributed by atoms with Gasteiger partial charge in [0.2, 0.25) is 5.88 Å². The quantitative estimate of drug-likeness (QED) is 0.401. The Kier molecular flexibility index (Phi) is 9.75. The van der Waals surface area contributed by atoms with Gasteiger partial charge in [-0.1, -0.05) is 6.42 Å². The maximum Gasteiger partial charge on any atom is 0.319 e. The normalized spacial score (nSPS) is 14.6. The average Bonchev–Trinajstić information content (AvgIpc) is 3.21. The second kappa shape index (κ2) is 12.8. The number of piperazine rings is 1. The summed E-state index contributed by atoms with van der Waals surface area (Å²) >= 11 is 0.816. The molecule has 0 atom stereocenters. The Bertz CT molecular complexity index is 1030. The fourth-order valence-electron chi connectivity index (χ4n) is 3.68. The van der Waals surface area contributed by atoms with Gasteiger partial charge in [0.25, 0.3) is 5.91 Å². The van der Waals surface area contributed by atoms with Crippen LogP contribution in [-0.4, -0.2) is 72.4 Å². The number of rotatable bonds is 11. The van der Waals surface area contributed by atoms with Gasteiger partial charge in [0, 0.05) is 38.3 Å². The van der Waals surface area contributed by atoms with Gasteiger partial charge < -0.3 is 25.6 Å². The number of primary amides is 1. The van der Waals surface area contributed by atoms with E-state index in [-0.39, 0.29) is 34.2 Å². The Labute approximate surface area is 207 Å². The molecule has 0 aliphatic carbocycles. The number of ether oxygens (including phenoxy) is 1. The number of benzene rings is 1. The number of carbonyl (C=O) groups is 2. The summed E-state index contributed by atoms with van der Waals surface area (Å²) in [5.41, 5.74) is 5.46. The highest BCUT2D eigenvalue weighted by atomic mass is 32.1. The number of carbonyl (C=O) groups excluding carboxylic acids is 2. The lowest BCUT2D eigenvalue weighted by Gasteiger charge is -2.32. The summed E-state index contributed by atoms with van der Waals surface area (Å²) in [7, 11) is 2.13. The Hall–Kier alpha value is -2.83. The van der Waals surface area contributed by atoms with E-state index in [0.29, 0.717) is 6.54 Å². The molecule has 3 rings (SSSR count). The smallest absolute Gasteiger partial charge is 0.319 e. The summed E-state index contributed by atoms with van der Waals surface area (Å²) in [5.74, 6) is -2.22. The second-order valence-corrected chi connectivity index (χ2v) is 9.40. The zero-order chi connectivity index (χ0) is 25.4. The third-order valence-corrected chi connectivity index (χ3v) is 6.60. The molecule has 1 aromatic heterocycles. The maximum atomic E-state index is 14.0. The molecule has 2 heterocycles. The van der Waals surface area contributed by atoms with Crippen LogP contribution in [0.3, 0.4) is 0 Å². The molecule has 1 aliphatic rings. The van der Waals surface area contributed by atoms with Gasteiger partial charge in [0.15, 0.2) is 0 Å². The Morgan fingerprint density at radius 2 is 1.89 bits per heavy atom. The zero-order valence-electron chi connectivity index (χ0n) is 20.0. The summed E-state index contributed by atoms with van der Waals surface area (Å²) in [4.78, 5) is 29.0. The van der Waals surface area contributed by atoms with Crippen LogP contribution < -0.4 is 21.1 Å². The minimum Gasteiger partial charge on any atom is -0.471 e. The van der Waals surface area contributed by atoms with Crippen molar-refractivity contribution < 1.29 is 23.1 Å². The van der Waals surface area contributed by atoms with Crippen molar-refractivity contribution in [3.63, 3.8) is 0 Å². The molecule has 0 radical (unpaired) electrons. The first kappa shape index (κ1) is 26.8. The molecule has 1 aliphatic heterocycles. The van der Waals surface area contributed by atoms with Crippen molar-refractivity contribution in [1.82, 2.24) is 19.5 Å². The number of urea groups is 1. The molecule has 0 bridgehead atoms. The fraction of sp³-hybridized carbons (Fsp3) is 0.522. The maximum absolute atomic E-state index is 14.0. The van der Waals surface area contributed by atoms with Crippen LogP contribution in [0.2, 0.25) is 0 Å². The number of unbranched alkanes of at least 4 members (excludes halogenated alkanes) is 2. The van der Waals surface area contributed by atoms with Gasteiger partial charge in [0.1, 0.15) is 28.8 Å². The Morgan fingerprint density at radius 3 is 2.60 bits per heavy atom. The van der Waals surface area contributed by atoms with E-state index in [0.717, 1.165) is 75.7 Å². The number of aromatic nitrogens is 1. The van der Waals surface area contributed by atoms with E-state index >= 15 is 0 Å². The van der Waals surface area contributed by atoms with Crippen LogP contribution in [0.1, 0.15) is 40.7 Å². The highest BCUT2D eigenvalue weighted by Gasteiger charge is 2.22. The molecule has 0 spiro atoms. The number of anilines is 1. The third-order valence-electron chi connectivity index (χ3n) is 5.86. The van der Waals surface area contributed by atoms with Crippen molar-refractivity contribution in [1.29, 1.82) is 0 Å². The van der Waals surface area contributed by atoms with E-state index < -0.39 is 23.6 Å². The molecule has 4 N–H and O–H groups in total. The Balaban J connectivity index is 1.43. The van der Waals surface area contributed by atoms with E-state index in [1.165, 1.54) is 6.92 Å². The van der Waals surface area contributed by atoms with Crippen LogP contribution >= 0.6 is 11.5 Å². The van der Waals surface area contributed by atoms with E-state index in [2.05, 4.69) is 31.9 Å². The summed E-state index contributed by atoms with van der Waals surface area (Å²) in [6.45, 7) is 7.03. The van der Waals surface area contributed by atoms with E-state index in [9.17, 15) is 18.4 Å². The molecule has 192 valence electrons. The van der Waals surface area contributed by atoms with Crippen molar-refractivity contribution in [2.24, 2.45) is 5.73 Å². The average molecular weight is 511 g/mol. The number of likely N-dealkylation sites (N-methyl/N-ethyl adjacent to an activating group) is 1. The lowest BCUT2D eigenvalue weighted by atomic mass is 10.1. The van der Waals surface area contributed by atoms with Gasteiger partial charge in [0.05, 0.1) is 0 Å². The number of nitrogens with two attached hydrogens (primary N) is 1. The van der Waals surface area contributed by atoms with Gasteiger partial charge in [-0.3, -0.25) is 10.1 Å². The first-order valence-electron chi connectivity index (χ1n) is 11.6. The number of nitrogens with zero attached hydrogens (tertiary/aromatic N) is 3. The highest BCUT2D eigenvalue weighted by Crippen LogP contribution is 2.31. The molecular weight excluding hydrogens is 478 g/mol. The van der Waals surface area contributed by atoms with Crippen LogP contribution in [0, 0.1) is 18.6 Å². The number of halogens is 2. The molecule has 9 nitrogen and oxygen atoms in total. The highest BCUT2D eigenvalue weighted by molar-refractivity contribution is 7.11. The predicted molar refractivity (Wildman–Crippen MR) is 131 cm³/mol. The van der Waals surface area contributed by atoms with Crippen molar-refractivity contribution in [2.75, 3.05) is 51.6 Å². The van der Waals surface area contributed by atoms with Gasteiger partial charge in [-0.15, -0.1) is 0 Å². The summed E-state index contributed by atoms with van der Waals surface area (Å²) in [6, 6.07) is 1.60. The van der Waals surface area contributed by atoms with Crippen molar-refractivity contribution in [3.8, 4) is 5.88 Å². The summed E-state index contributed by atoms with van der Waals surface area (Å²) < 4.78 is 37.2. The van der Waals surface area contributed by atoms with Gasteiger partial charge >= 0.3 is 6.03 Å². The zero-order valence-corrected chi connectivity index (χ0v) is 20.9. The minimum absolute atomic E-state index is 0.0311. The van der Waals surface area contributed by atoms with Crippen molar-refractivity contribution >= 4 is 28.5 Å². The molecule has 3 amide bonds. The number of nitrogens with one attached hydrogen (secondary N) is 2. The molecule has 2 aromatic rings. The molecular formula is C23H32F2N6O3S. The standard InChI is InChI=1S/C23H32F2N6O3S/c1-15-12-18(25)16(13-17(15)24)14-34-21-19(20(26)32)22(35-29-21)28-23(33)27-6-4-3-5-7-31-10-8-30(2)9-11-31/h12-13H,3-11,14H2,1-2H3,(H2,26,32)(H2,27,28,33). The van der Waals surface area contributed by atoms with Crippen LogP contribution in [-0.2, 0) is 6.61 Å². The Morgan fingerprint density at radius 1 is 1.14 bits per heavy atom. The SMILES string of the molecule is Cc1cc(F)c(COc2nsc(NC(=O)NCCCCCN3CCN(C)CC3)c2C(N)=O)cc1F. The molecule has 0 saturated carbocycles. The second-order valence-electron chi connectivity index (χ2n) is 8.62. The van der Waals surface area contributed by atoms with Crippen LogP contribution in [0.4, 0.5) is 18.6 Å². The molecule has 1 aromatic carbocycles. The first-order valence-corrected chi connectivity index (χ1v) is 12.3. The van der Waals surface area contributed by atoms with Crippen molar-refractivity contribution in [2.45, 2.75) is 32.8 Å². The molecule has 35 heavy (non-hydrogen) atoms. The fourth-order valence-corrected chi connectivity index (χ4v) is 4.41. The first-order chi connectivity index (χ1) is 16.7. The van der Waals surface area contributed by atoms with E-state index in [1.54, 1.807) is 0 Å². The minimum atomic E-state index is -0.858. The number of aryl methyl sites for hydroxylation is 1. The van der Waals surface area contributed by atoms with Crippen LogP contribution in [0.15, 0.2) is 12.1 Å². The van der Waals surface area contributed by atoms with Crippen molar-refractivity contribution in [3.05, 3.63) is 40.5 Å². The predicted octanol–water partition coefficient (Wildman–Crippen LogP) is 2.95. The summed E-state index contributed by atoms with van der Waals surface area (Å²) in [5, 5.41) is 5.44. The van der Waals surface area contributed by atoms with E-state index in [4.69, 9.17) is 10.5 Å². The number of hydrogen-bond donors (Lipinski definition) is 3. The molecule has 1 fully saturated rings. The van der Waals surface area contributed by atoms with Crippen LogP contribution in [0.25, 0.3) is 0 Å². The number of amides is 3. The molecule has 1 saturated heterocycles. The monoisotopic (exact) mass is 510 g/mol. The lowest BCUT2D eigenvalue weighted by molar-refractivity contribution is 0.0996. The third kappa shape index (κ3) is 7.84.